The third kappa shape index (κ3) is 5.11. The molecule has 8 aromatic rings. The molecule has 4 heteroatoms. The Hall–Kier alpha value is -6.39. The number of furan rings is 1. The van der Waals surface area contributed by atoms with Gasteiger partial charge in [0.1, 0.15) is 17.0 Å². The van der Waals surface area contributed by atoms with E-state index in [9.17, 15) is 0 Å². The summed E-state index contributed by atoms with van der Waals surface area (Å²) in [5, 5.41) is 4.43. The van der Waals surface area contributed by atoms with Crippen molar-refractivity contribution in [2.75, 3.05) is 0 Å². The minimum Gasteiger partial charge on any atom is -0.455 e. The second kappa shape index (κ2) is 12.2. The predicted molar refractivity (Wildman–Crippen MR) is 208 cm³/mol. The molecule has 1 atom stereocenters. The summed E-state index contributed by atoms with van der Waals surface area (Å²) in [5.74, 6) is 2.14. The van der Waals surface area contributed by atoms with E-state index in [1.807, 2.05) is 12.1 Å². The van der Waals surface area contributed by atoms with Crippen molar-refractivity contribution in [1.29, 1.82) is 0 Å². The van der Waals surface area contributed by atoms with Crippen LogP contribution in [0, 0.1) is 0 Å². The van der Waals surface area contributed by atoms with Crippen molar-refractivity contribution in [3.63, 3.8) is 0 Å². The molecule has 0 saturated carbocycles. The van der Waals surface area contributed by atoms with E-state index in [0.29, 0.717) is 11.6 Å². The van der Waals surface area contributed by atoms with Gasteiger partial charge in [0.05, 0.1) is 0 Å². The summed E-state index contributed by atoms with van der Waals surface area (Å²) in [7, 11) is 0. The Bertz CT molecular complexity index is 2730. The Morgan fingerprint density at radius 3 is 2.22 bits per heavy atom. The zero-order valence-corrected chi connectivity index (χ0v) is 28.0. The van der Waals surface area contributed by atoms with Crippen LogP contribution in [0.5, 0.6) is 0 Å². The van der Waals surface area contributed by atoms with Crippen LogP contribution in [0.2, 0.25) is 0 Å². The fraction of sp³-hybridized carbons (Fsp3) is 0.0851. The van der Waals surface area contributed by atoms with E-state index in [2.05, 4.69) is 146 Å². The lowest BCUT2D eigenvalue weighted by Gasteiger charge is -2.18. The molecule has 242 valence electrons. The van der Waals surface area contributed by atoms with Crippen LogP contribution in [0.15, 0.2) is 162 Å². The van der Waals surface area contributed by atoms with Crippen LogP contribution in [0.4, 0.5) is 0 Å². The number of para-hydroxylation sites is 1. The minimum atomic E-state index is 0.0604. The molecular weight excluding hydrogens is 623 g/mol. The third-order valence-electron chi connectivity index (χ3n) is 10.3. The van der Waals surface area contributed by atoms with Gasteiger partial charge in [0, 0.05) is 33.4 Å². The monoisotopic (exact) mass is 655 g/mol. The SMILES string of the molecule is C1=CCC(c2nc(-c3ccc(C4=CCCc5ccccc54)cc3)nc(-c3ccc(-c4cccc5ccccc45)c4oc5ccccc5c34)n2)C=C1. The van der Waals surface area contributed by atoms with Gasteiger partial charge in [-0.3, -0.25) is 0 Å². The van der Waals surface area contributed by atoms with Gasteiger partial charge in [-0.1, -0.05) is 140 Å². The van der Waals surface area contributed by atoms with Crippen molar-refractivity contribution < 1.29 is 4.42 Å². The van der Waals surface area contributed by atoms with Gasteiger partial charge in [0.15, 0.2) is 11.6 Å². The first kappa shape index (κ1) is 29.5. The molecule has 0 radical (unpaired) electrons. The highest BCUT2D eigenvalue weighted by Gasteiger charge is 2.23. The highest BCUT2D eigenvalue weighted by Crippen LogP contribution is 2.43. The van der Waals surface area contributed by atoms with E-state index in [1.54, 1.807) is 0 Å². The molecule has 51 heavy (non-hydrogen) atoms. The van der Waals surface area contributed by atoms with Crippen LogP contribution in [-0.4, -0.2) is 15.0 Å². The number of fused-ring (bicyclic) bond motifs is 5. The van der Waals surface area contributed by atoms with Crippen molar-refractivity contribution in [3.05, 3.63) is 180 Å². The maximum absolute atomic E-state index is 6.71. The Kier molecular flexibility index (Phi) is 7.05. The minimum absolute atomic E-state index is 0.0604. The molecule has 10 rings (SSSR count). The molecule has 0 aliphatic heterocycles. The summed E-state index contributed by atoms with van der Waals surface area (Å²) < 4.78 is 6.71. The Morgan fingerprint density at radius 2 is 1.31 bits per heavy atom. The highest BCUT2D eigenvalue weighted by atomic mass is 16.3. The maximum Gasteiger partial charge on any atom is 0.164 e. The first-order valence-electron chi connectivity index (χ1n) is 17.7. The van der Waals surface area contributed by atoms with Crippen LogP contribution < -0.4 is 0 Å². The molecular formula is C47H33N3O. The van der Waals surface area contributed by atoms with Crippen molar-refractivity contribution in [1.82, 2.24) is 15.0 Å². The van der Waals surface area contributed by atoms with E-state index in [0.717, 1.165) is 69.3 Å². The van der Waals surface area contributed by atoms with Gasteiger partial charge in [-0.25, -0.2) is 15.0 Å². The van der Waals surface area contributed by atoms with Crippen LogP contribution in [0.1, 0.15) is 41.3 Å². The summed E-state index contributed by atoms with van der Waals surface area (Å²) in [5.41, 5.74) is 11.0. The van der Waals surface area contributed by atoms with Gasteiger partial charge in [0.2, 0.25) is 0 Å². The second-order valence-electron chi connectivity index (χ2n) is 13.4. The summed E-state index contributed by atoms with van der Waals surface area (Å²) in [6.07, 6.45) is 13.9. The molecule has 2 aromatic heterocycles. The molecule has 2 aliphatic carbocycles. The lowest BCUT2D eigenvalue weighted by Crippen LogP contribution is -2.08. The normalized spacial score (nSPS) is 15.4. The Labute approximate surface area is 296 Å². The third-order valence-corrected chi connectivity index (χ3v) is 10.3. The van der Waals surface area contributed by atoms with Crippen LogP contribution in [-0.2, 0) is 6.42 Å². The van der Waals surface area contributed by atoms with Crippen molar-refractivity contribution in [3.8, 4) is 33.9 Å². The zero-order valence-electron chi connectivity index (χ0n) is 28.0. The quantitative estimate of drug-likeness (QED) is 0.185. The molecule has 2 heterocycles. The van der Waals surface area contributed by atoms with E-state index in [1.165, 1.54) is 33.0 Å². The van der Waals surface area contributed by atoms with Gasteiger partial charge >= 0.3 is 0 Å². The first-order valence-corrected chi connectivity index (χ1v) is 17.7. The molecule has 6 aromatic carbocycles. The molecule has 0 N–H and O–H groups in total. The van der Waals surface area contributed by atoms with Gasteiger partial charge in [0.25, 0.3) is 0 Å². The fourth-order valence-corrected chi connectivity index (χ4v) is 7.82. The standard InChI is InChI=1S/C47H33N3O/c1-2-14-33(15-3-1)45-48-46(34-26-24-32(25-27-34)36-21-10-16-30-12-4-6-18-35(30)36)50-47(49-45)41-29-28-39(38-22-11-17-31-13-5-7-19-37(31)38)44-43(41)40-20-8-9-23-42(40)51-44/h1-9,11-14,17-29,33H,10,15-16H2. The maximum atomic E-state index is 6.71. The number of aromatic nitrogens is 3. The lowest BCUT2D eigenvalue weighted by atomic mass is 9.87. The number of hydrogen-bond donors (Lipinski definition) is 0. The molecule has 0 bridgehead atoms. The Morgan fingerprint density at radius 1 is 0.569 bits per heavy atom. The van der Waals surface area contributed by atoms with Crippen LogP contribution >= 0.6 is 0 Å². The molecule has 0 spiro atoms. The smallest absolute Gasteiger partial charge is 0.164 e. The van der Waals surface area contributed by atoms with Crippen molar-refractivity contribution >= 4 is 38.3 Å². The van der Waals surface area contributed by atoms with Crippen LogP contribution in [0.3, 0.4) is 0 Å². The first-order chi connectivity index (χ1) is 25.3. The second-order valence-corrected chi connectivity index (χ2v) is 13.4. The largest absolute Gasteiger partial charge is 0.455 e. The van der Waals surface area contributed by atoms with Crippen molar-refractivity contribution in [2.45, 2.75) is 25.2 Å². The molecule has 0 saturated heterocycles. The Balaban J connectivity index is 1.15. The molecule has 4 nitrogen and oxygen atoms in total. The number of rotatable bonds is 5. The van der Waals surface area contributed by atoms with Gasteiger partial charge in [-0.15, -0.1) is 0 Å². The average Bonchev–Trinajstić information content (AvgIpc) is 3.60. The molecule has 1 unspecified atom stereocenters. The zero-order chi connectivity index (χ0) is 33.7. The van der Waals surface area contributed by atoms with E-state index >= 15 is 0 Å². The van der Waals surface area contributed by atoms with Gasteiger partial charge < -0.3 is 4.42 Å². The summed E-state index contributed by atoms with van der Waals surface area (Å²) in [6, 6.07) is 45.0. The number of nitrogens with zero attached hydrogens (tertiary/aromatic N) is 3. The van der Waals surface area contributed by atoms with Crippen LogP contribution in [0.25, 0.3) is 72.2 Å². The number of hydrogen-bond acceptors (Lipinski definition) is 4. The van der Waals surface area contributed by atoms with E-state index < -0.39 is 0 Å². The average molecular weight is 656 g/mol. The molecule has 0 fully saturated rings. The molecule has 0 amide bonds. The summed E-state index contributed by atoms with van der Waals surface area (Å²) in [6.45, 7) is 0. The van der Waals surface area contributed by atoms with E-state index in [-0.39, 0.29) is 5.92 Å². The van der Waals surface area contributed by atoms with E-state index in [4.69, 9.17) is 19.4 Å². The number of allylic oxidation sites excluding steroid dienone is 5. The number of benzene rings is 6. The highest BCUT2D eigenvalue weighted by molar-refractivity contribution is 6.17. The topological polar surface area (TPSA) is 51.8 Å². The lowest BCUT2D eigenvalue weighted by molar-refractivity contribution is 0.670. The van der Waals surface area contributed by atoms with Gasteiger partial charge in [-0.05, 0) is 76.1 Å². The molecule has 2 aliphatic rings. The summed E-state index contributed by atoms with van der Waals surface area (Å²) >= 11 is 0. The summed E-state index contributed by atoms with van der Waals surface area (Å²) in [4.78, 5) is 15.5. The predicted octanol–water partition coefficient (Wildman–Crippen LogP) is 11.9. The number of aryl methyl sites for hydroxylation is 1. The fourth-order valence-electron chi connectivity index (χ4n) is 7.82. The van der Waals surface area contributed by atoms with Crippen molar-refractivity contribution in [2.24, 2.45) is 0 Å². The van der Waals surface area contributed by atoms with Gasteiger partial charge in [-0.2, -0.15) is 0 Å².